The predicted octanol–water partition coefficient (Wildman–Crippen LogP) is 2.77. The minimum Gasteiger partial charge on any atom is -0.490 e. The lowest BCUT2D eigenvalue weighted by Crippen LogP contribution is -2.04. The first-order valence-corrected chi connectivity index (χ1v) is 5.66. The average Bonchev–Trinajstić information content (AvgIpc) is 2.30. The van der Waals surface area contributed by atoms with Crippen LogP contribution < -0.4 is 9.47 Å². The molecular weight excluding hydrogens is 262 g/mol. The van der Waals surface area contributed by atoms with E-state index < -0.39 is 15.9 Å². The van der Waals surface area contributed by atoms with Gasteiger partial charge in [-0.1, -0.05) is 0 Å². The van der Waals surface area contributed by atoms with E-state index in [0.29, 0.717) is 13.2 Å². The molecule has 1 aromatic carbocycles. The first-order valence-electron chi connectivity index (χ1n) is 5.29. The molecule has 0 spiro atoms. The Bertz CT molecular complexity index is 432. The first kappa shape index (κ1) is 14.2. The summed E-state index contributed by atoms with van der Waals surface area (Å²) in [6.45, 7) is 4.15. The number of benzene rings is 1. The van der Waals surface area contributed by atoms with Crippen molar-refractivity contribution in [3.8, 4) is 11.5 Å². The highest BCUT2D eigenvalue weighted by Crippen LogP contribution is 2.35. The Kier molecular flexibility index (Phi) is 4.91. The quantitative estimate of drug-likeness (QED) is 0.452. The second-order valence-electron chi connectivity index (χ2n) is 3.21. The first-order chi connectivity index (χ1) is 8.51. The molecule has 0 saturated carbocycles. The van der Waals surface area contributed by atoms with Gasteiger partial charge in [-0.3, -0.25) is 14.9 Å². The molecule has 18 heavy (non-hydrogen) atoms. The lowest BCUT2D eigenvalue weighted by molar-refractivity contribution is -0.385. The monoisotopic (exact) mass is 273 g/mol. The van der Waals surface area contributed by atoms with Crippen LogP contribution in [0.15, 0.2) is 12.1 Å². The Hall–Kier alpha value is -1.82. The van der Waals surface area contributed by atoms with Crippen LogP contribution in [-0.2, 0) is 0 Å². The number of ether oxygens (including phenoxy) is 2. The fourth-order valence-corrected chi connectivity index (χ4v) is 1.55. The van der Waals surface area contributed by atoms with Crippen molar-refractivity contribution in [2.24, 2.45) is 0 Å². The maximum Gasteiger partial charge on any atom is 0.285 e. The van der Waals surface area contributed by atoms with Crippen LogP contribution in [-0.4, -0.2) is 23.4 Å². The molecule has 7 heteroatoms. The van der Waals surface area contributed by atoms with Gasteiger partial charge < -0.3 is 9.47 Å². The number of hydrogen-bond donors (Lipinski definition) is 0. The molecule has 0 N–H and O–H groups in total. The number of nitro benzene ring substituents is 1. The molecule has 0 aliphatic heterocycles. The van der Waals surface area contributed by atoms with Gasteiger partial charge >= 0.3 is 0 Å². The number of carbonyl (C=O) groups is 1. The maximum absolute atomic E-state index is 11.2. The van der Waals surface area contributed by atoms with Crippen LogP contribution >= 0.6 is 11.6 Å². The lowest BCUT2D eigenvalue weighted by Gasteiger charge is -2.11. The van der Waals surface area contributed by atoms with Gasteiger partial charge in [0.1, 0.15) is 5.56 Å². The van der Waals surface area contributed by atoms with Gasteiger partial charge in [0.15, 0.2) is 11.5 Å². The molecule has 0 atom stereocenters. The maximum atomic E-state index is 11.2. The van der Waals surface area contributed by atoms with Crippen LogP contribution in [0.1, 0.15) is 24.2 Å². The lowest BCUT2D eigenvalue weighted by atomic mass is 10.1. The molecule has 0 saturated heterocycles. The largest absolute Gasteiger partial charge is 0.490 e. The van der Waals surface area contributed by atoms with E-state index in [-0.39, 0.29) is 17.1 Å². The summed E-state index contributed by atoms with van der Waals surface area (Å²) in [5, 5.41) is 9.94. The number of carbonyl (C=O) groups excluding carboxylic acids is 1. The molecule has 6 nitrogen and oxygen atoms in total. The molecule has 98 valence electrons. The normalized spacial score (nSPS) is 9.94. The van der Waals surface area contributed by atoms with Crippen molar-refractivity contribution in [2.75, 3.05) is 13.2 Å². The van der Waals surface area contributed by atoms with Crippen molar-refractivity contribution in [2.45, 2.75) is 13.8 Å². The number of hydrogen-bond acceptors (Lipinski definition) is 5. The van der Waals surface area contributed by atoms with Gasteiger partial charge in [-0.25, -0.2) is 0 Å². The molecular formula is C11H12ClNO5. The number of nitrogens with zero attached hydrogens (tertiary/aromatic N) is 1. The number of nitro groups is 1. The fraction of sp³-hybridized carbons (Fsp3) is 0.364. The van der Waals surface area contributed by atoms with Crippen molar-refractivity contribution in [3.05, 3.63) is 27.8 Å². The summed E-state index contributed by atoms with van der Waals surface area (Å²) in [4.78, 5) is 21.3. The summed E-state index contributed by atoms with van der Waals surface area (Å²) < 4.78 is 10.5. The third-order valence-electron chi connectivity index (χ3n) is 2.07. The molecule has 0 heterocycles. The summed E-state index contributed by atoms with van der Waals surface area (Å²) in [7, 11) is 0. The van der Waals surface area contributed by atoms with Crippen molar-refractivity contribution in [1.82, 2.24) is 0 Å². The smallest absolute Gasteiger partial charge is 0.285 e. The van der Waals surface area contributed by atoms with E-state index in [4.69, 9.17) is 21.1 Å². The summed E-state index contributed by atoms with van der Waals surface area (Å²) >= 11 is 5.31. The summed E-state index contributed by atoms with van der Waals surface area (Å²) in [6, 6.07) is 2.37. The second-order valence-corrected chi connectivity index (χ2v) is 3.56. The fourth-order valence-electron chi connectivity index (χ4n) is 1.39. The van der Waals surface area contributed by atoms with Crippen molar-refractivity contribution < 1.29 is 19.2 Å². The van der Waals surface area contributed by atoms with Crippen molar-refractivity contribution in [3.63, 3.8) is 0 Å². The Labute approximate surface area is 109 Å². The number of rotatable bonds is 6. The van der Waals surface area contributed by atoms with Gasteiger partial charge in [0.25, 0.3) is 10.9 Å². The van der Waals surface area contributed by atoms with Gasteiger partial charge in [-0.15, -0.1) is 0 Å². The Balaban J connectivity index is 3.39. The minimum atomic E-state index is -0.911. The van der Waals surface area contributed by atoms with E-state index >= 15 is 0 Å². The van der Waals surface area contributed by atoms with Crippen LogP contribution in [0.25, 0.3) is 0 Å². The van der Waals surface area contributed by atoms with Crippen LogP contribution in [0.4, 0.5) is 5.69 Å². The third kappa shape index (κ3) is 3.10. The Morgan fingerprint density at radius 2 is 1.78 bits per heavy atom. The Morgan fingerprint density at radius 3 is 2.17 bits per heavy atom. The van der Waals surface area contributed by atoms with E-state index in [2.05, 4.69) is 0 Å². The van der Waals surface area contributed by atoms with Gasteiger partial charge in [-0.05, 0) is 25.4 Å². The topological polar surface area (TPSA) is 78.7 Å². The standard InChI is InChI=1S/C11H12ClNO5/c1-3-17-9-5-7(11(12)14)8(13(15)16)6-10(9)18-4-2/h5-6H,3-4H2,1-2H3. The average molecular weight is 274 g/mol. The zero-order valence-electron chi connectivity index (χ0n) is 9.94. The molecule has 0 fully saturated rings. The van der Waals surface area contributed by atoms with E-state index in [0.717, 1.165) is 6.07 Å². The van der Waals surface area contributed by atoms with Crippen LogP contribution in [0.3, 0.4) is 0 Å². The third-order valence-corrected chi connectivity index (χ3v) is 2.27. The van der Waals surface area contributed by atoms with Gasteiger partial charge in [-0.2, -0.15) is 0 Å². The molecule has 0 aliphatic rings. The molecule has 0 aromatic heterocycles. The summed E-state index contributed by atoms with van der Waals surface area (Å²) in [5.41, 5.74) is -0.615. The predicted molar refractivity (Wildman–Crippen MR) is 65.6 cm³/mol. The van der Waals surface area contributed by atoms with Crippen molar-refractivity contribution >= 4 is 22.5 Å². The molecule has 0 radical (unpaired) electrons. The zero-order valence-corrected chi connectivity index (χ0v) is 10.7. The molecule has 0 unspecified atom stereocenters. The van der Waals surface area contributed by atoms with Gasteiger partial charge in [0.2, 0.25) is 0 Å². The molecule has 0 bridgehead atoms. The van der Waals surface area contributed by atoms with Crippen LogP contribution in [0.2, 0.25) is 0 Å². The summed E-state index contributed by atoms with van der Waals surface area (Å²) in [6.07, 6.45) is 0. The highest BCUT2D eigenvalue weighted by atomic mass is 35.5. The van der Waals surface area contributed by atoms with Gasteiger partial charge in [0.05, 0.1) is 24.2 Å². The van der Waals surface area contributed by atoms with Crippen LogP contribution in [0.5, 0.6) is 11.5 Å². The molecule has 0 aliphatic carbocycles. The second kappa shape index (κ2) is 6.20. The van der Waals surface area contributed by atoms with E-state index in [1.165, 1.54) is 6.07 Å². The highest BCUT2D eigenvalue weighted by Gasteiger charge is 2.23. The van der Waals surface area contributed by atoms with Crippen LogP contribution in [0, 0.1) is 10.1 Å². The molecule has 1 rings (SSSR count). The van der Waals surface area contributed by atoms with E-state index in [1.54, 1.807) is 13.8 Å². The highest BCUT2D eigenvalue weighted by molar-refractivity contribution is 6.68. The minimum absolute atomic E-state index is 0.214. The SMILES string of the molecule is CCOc1cc(C(=O)Cl)c([N+](=O)[O-])cc1OCC. The summed E-state index contributed by atoms with van der Waals surface area (Å²) in [5.74, 6) is 0.474. The van der Waals surface area contributed by atoms with Crippen molar-refractivity contribution in [1.29, 1.82) is 0 Å². The van der Waals surface area contributed by atoms with E-state index in [9.17, 15) is 14.9 Å². The zero-order chi connectivity index (χ0) is 13.7. The van der Waals surface area contributed by atoms with Gasteiger partial charge in [0, 0.05) is 6.07 Å². The Morgan fingerprint density at radius 1 is 1.28 bits per heavy atom. The number of halogens is 1. The molecule has 1 aromatic rings. The molecule has 0 amide bonds. The van der Waals surface area contributed by atoms with E-state index in [1.807, 2.05) is 0 Å².